The highest BCUT2D eigenvalue weighted by molar-refractivity contribution is 5.82. The maximum Gasteiger partial charge on any atom is 0.227 e. The average Bonchev–Trinajstić information content (AvgIpc) is 2.92. The number of allylic oxidation sites excluding steroid dienone is 1. The highest BCUT2D eigenvalue weighted by Gasteiger charge is 2.15. The van der Waals surface area contributed by atoms with Crippen LogP contribution in [-0.2, 0) is 4.79 Å². The van der Waals surface area contributed by atoms with E-state index in [0.717, 1.165) is 18.5 Å². The number of rotatable bonds is 5. The zero-order chi connectivity index (χ0) is 12.8. The summed E-state index contributed by atoms with van der Waals surface area (Å²) in [6, 6.07) is 0. The van der Waals surface area contributed by atoms with Gasteiger partial charge in [-0.3, -0.25) is 4.79 Å². The van der Waals surface area contributed by atoms with E-state index in [0.29, 0.717) is 0 Å². The van der Waals surface area contributed by atoms with Crippen molar-refractivity contribution in [3.8, 4) is 0 Å². The molecule has 0 aromatic carbocycles. The molecule has 0 radical (unpaired) electrons. The Hall–Kier alpha value is -1.71. The van der Waals surface area contributed by atoms with Crippen molar-refractivity contribution in [1.29, 1.82) is 0 Å². The Morgan fingerprint density at radius 1 is 1.44 bits per heavy atom. The third kappa shape index (κ3) is 3.39. The van der Waals surface area contributed by atoms with E-state index < -0.39 is 0 Å². The smallest absolute Gasteiger partial charge is 0.227 e. The third-order valence-corrected chi connectivity index (χ3v) is 3.35. The Kier molecular flexibility index (Phi) is 4.45. The molecule has 0 spiro atoms. The quantitative estimate of drug-likeness (QED) is 0.809. The molecule has 0 aliphatic heterocycles. The van der Waals surface area contributed by atoms with Crippen LogP contribution in [0.5, 0.6) is 0 Å². The maximum atomic E-state index is 11.9. The average molecular weight is 245 g/mol. The maximum absolute atomic E-state index is 11.9. The lowest BCUT2D eigenvalue weighted by Crippen LogP contribution is -2.29. The number of nitrogens with one attached hydrogen (secondary N) is 1. The van der Waals surface area contributed by atoms with Gasteiger partial charge in [-0.05, 0) is 32.6 Å². The summed E-state index contributed by atoms with van der Waals surface area (Å²) in [4.78, 5) is 19.8. The fourth-order valence-electron chi connectivity index (χ4n) is 2.15. The van der Waals surface area contributed by atoms with E-state index in [2.05, 4.69) is 21.4 Å². The molecule has 1 atom stereocenters. The van der Waals surface area contributed by atoms with Gasteiger partial charge in [0, 0.05) is 24.5 Å². The van der Waals surface area contributed by atoms with Gasteiger partial charge in [-0.2, -0.15) is 0 Å². The van der Waals surface area contributed by atoms with Crippen LogP contribution in [0.2, 0.25) is 0 Å². The first kappa shape index (κ1) is 12.7. The molecule has 1 unspecified atom stereocenters. The first-order chi connectivity index (χ1) is 8.77. The zero-order valence-electron chi connectivity index (χ0n) is 10.7. The van der Waals surface area contributed by atoms with Crippen LogP contribution in [0.1, 0.15) is 44.1 Å². The largest absolute Gasteiger partial charge is 0.355 e. The van der Waals surface area contributed by atoms with Crippen LogP contribution in [0.15, 0.2) is 30.4 Å². The second-order valence-electron chi connectivity index (χ2n) is 4.69. The lowest BCUT2D eigenvalue weighted by Gasteiger charge is -2.11. The Labute approximate surface area is 108 Å². The van der Waals surface area contributed by atoms with Crippen molar-refractivity contribution in [2.75, 3.05) is 6.54 Å². The second kappa shape index (κ2) is 6.28. The number of carbonyl (C=O) groups excluding carboxylic acids is 1. The molecule has 1 N–H and O–H groups in total. The van der Waals surface area contributed by atoms with Crippen molar-refractivity contribution in [2.45, 2.75) is 38.5 Å². The molecule has 4 heteroatoms. The molecule has 1 amide bonds. The Morgan fingerprint density at radius 3 is 2.89 bits per heavy atom. The standard InChI is InChI=1S/C14H19N3O/c1-11(13-8-15-10-16-9-13)14(18)17-7-6-12-4-2-3-5-12/h4,8-11H,2-3,5-7H2,1H3,(H,17,18). The van der Waals surface area contributed by atoms with E-state index in [1.807, 2.05) is 6.92 Å². The zero-order valence-corrected chi connectivity index (χ0v) is 10.7. The van der Waals surface area contributed by atoms with E-state index in [4.69, 9.17) is 0 Å². The van der Waals surface area contributed by atoms with Gasteiger partial charge in [0.1, 0.15) is 6.33 Å². The van der Waals surface area contributed by atoms with Gasteiger partial charge in [-0.1, -0.05) is 11.6 Å². The number of carbonyl (C=O) groups is 1. The van der Waals surface area contributed by atoms with E-state index in [9.17, 15) is 4.79 Å². The number of nitrogens with zero attached hydrogens (tertiary/aromatic N) is 2. The monoisotopic (exact) mass is 245 g/mol. The predicted molar refractivity (Wildman–Crippen MR) is 70.0 cm³/mol. The minimum Gasteiger partial charge on any atom is -0.355 e. The second-order valence-corrected chi connectivity index (χ2v) is 4.69. The van der Waals surface area contributed by atoms with Gasteiger partial charge in [-0.15, -0.1) is 0 Å². The molecule has 1 aliphatic rings. The fourth-order valence-corrected chi connectivity index (χ4v) is 2.15. The molecule has 1 heterocycles. The SMILES string of the molecule is CC(C(=O)NCCC1=CCCC1)c1cncnc1. The van der Waals surface area contributed by atoms with Crippen LogP contribution in [-0.4, -0.2) is 22.4 Å². The van der Waals surface area contributed by atoms with Crippen molar-refractivity contribution in [3.05, 3.63) is 35.9 Å². The van der Waals surface area contributed by atoms with Crippen molar-refractivity contribution >= 4 is 5.91 Å². The lowest BCUT2D eigenvalue weighted by molar-refractivity contribution is -0.122. The molecule has 2 rings (SSSR count). The summed E-state index contributed by atoms with van der Waals surface area (Å²) in [5, 5.41) is 2.97. The summed E-state index contributed by atoms with van der Waals surface area (Å²) >= 11 is 0. The number of hydrogen-bond acceptors (Lipinski definition) is 3. The first-order valence-electron chi connectivity index (χ1n) is 6.48. The molecule has 0 saturated carbocycles. The summed E-state index contributed by atoms with van der Waals surface area (Å²) in [5.41, 5.74) is 2.33. The van der Waals surface area contributed by atoms with E-state index in [-0.39, 0.29) is 11.8 Å². The highest BCUT2D eigenvalue weighted by atomic mass is 16.1. The van der Waals surface area contributed by atoms with Gasteiger partial charge >= 0.3 is 0 Å². The minimum absolute atomic E-state index is 0.0448. The highest BCUT2D eigenvalue weighted by Crippen LogP contribution is 2.20. The van der Waals surface area contributed by atoms with E-state index in [1.54, 1.807) is 12.4 Å². The Balaban J connectivity index is 1.77. The summed E-state index contributed by atoms with van der Waals surface area (Å²) in [6.07, 6.45) is 11.8. The number of hydrogen-bond donors (Lipinski definition) is 1. The third-order valence-electron chi connectivity index (χ3n) is 3.35. The summed E-state index contributed by atoms with van der Waals surface area (Å²) in [5.74, 6) is -0.146. The van der Waals surface area contributed by atoms with Gasteiger partial charge in [0.15, 0.2) is 0 Å². The molecule has 4 nitrogen and oxygen atoms in total. The summed E-state index contributed by atoms with van der Waals surface area (Å²) in [6.45, 7) is 2.60. The van der Waals surface area contributed by atoms with Crippen molar-refractivity contribution in [3.63, 3.8) is 0 Å². The van der Waals surface area contributed by atoms with Crippen molar-refractivity contribution < 1.29 is 4.79 Å². The predicted octanol–water partition coefficient (Wildman–Crippen LogP) is 2.20. The molecule has 0 bridgehead atoms. The van der Waals surface area contributed by atoms with Crippen LogP contribution in [0.25, 0.3) is 0 Å². The van der Waals surface area contributed by atoms with Crippen LogP contribution >= 0.6 is 0 Å². The Morgan fingerprint density at radius 2 is 2.22 bits per heavy atom. The van der Waals surface area contributed by atoms with Gasteiger partial charge in [0.25, 0.3) is 0 Å². The van der Waals surface area contributed by atoms with E-state index >= 15 is 0 Å². The molecular weight excluding hydrogens is 226 g/mol. The van der Waals surface area contributed by atoms with Crippen molar-refractivity contribution in [1.82, 2.24) is 15.3 Å². The molecule has 1 aromatic heterocycles. The van der Waals surface area contributed by atoms with Crippen molar-refractivity contribution in [2.24, 2.45) is 0 Å². The molecule has 96 valence electrons. The molecule has 1 aromatic rings. The molecule has 1 aliphatic carbocycles. The number of aromatic nitrogens is 2. The van der Waals surface area contributed by atoms with Crippen LogP contribution in [0.4, 0.5) is 0 Å². The molecule has 0 fully saturated rings. The van der Waals surface area contributed by atoms with Crippen LogP contribution in [0.3, 0.4) is 0 Å². The molecule has 18 heavy (non-hydrogen) atoms. The topological polar surface area (TPSA) is 54.9 Å². The number of amides is 1. The Bertz CT molecular complexity index is 428. The molecule has 0 saturated heterocycles. The van der Waals surface area contributed by atoms with Crippen LogP contribution in [0, 0.1) is 0 Å². The van der Waals surface area contributed by atoms with E-state index in [1.165, 1.54) is 31.2 Å². The minimum atomic E-state index is -0.191. The van der Waals surface area contributed by atoms with Gasteiger partial charge in [0.2, 0.25) is 5.91 Å². The summed E-state index contributed by atoms with van der Waals surface area (Å²) in [7, 11) is 0. The summed E-state index contributed by atoms with van der Waals surface area (Å²) < 4.78 is 0. The first-order valence-corrected chi connectivity index (χ1v) is 6.48. The molecular formula is C14H19N3O. The lowest BCUT2D eigenvalue weighted by atomic mass is 10.0. The van der Waals surface area contributed by atoms with Crippen LogP contribution < -0.4 is 5.32 Å². The van der Waals surface area contributed by atoms with Gasteiger partial charge in [0.05, 0.1) is 5.92 Å². The van der Waals surface area contributed by atoms with Gasteiger partial charge in [-0.25, -0.2) is 9.97 Å². The normalized spacial score (nSPS) is 16.2. The van der Waals surface area contributed by atoms with Gasteiger partial charge < -0.3 is 5.32 Å². The fraction of sp³-hybridized carbons (Fsp3) is 0.500.